The Hall–Kier alpha value is -1.82. The molecule has 2 saturated heterocycles. The van der Waals surface area contributed by atoms with Crippen molar-refractivity contribution in [1.82, 2.24) is 0 Å². The zero-order chi connectivity index (χ0) is 14.3. The van der Waals surface area contributed by atoms with Gasteiger partial charge in [0.2, 0.25) is 0 Å². The number of esters is 1. The summed E-state index contributed by atoms with van der Waals surface area (Å²) in [6.07, 6.45) is 3.32. The minimum atomic E-state index is -0.574. The topological polar surface area (TPSA) is 73.6 Å². The first-order valence-electron chi connectivity index (χ1n) is 6.68. The van der Waals surface area contributed by atoms with E-state index in [0.29, 0.717) is 0 Å². The molecular weight excluding hydrogens is 263 g/mol. The molecule has 20 heavy (non-hydrogen) atoms. The predicted molar refractivity (Wildman–Crippen MR) is 72.1 cm³/mol. The first-order chi connectivity index (χ1) is 9.58. The lowest BCUT2D eigenvalue weighted by Gasteiger charge is -2.22. The summed E-state index contributed by atoms with van der Waals surface area (Å²) < 4.78 is 24.3. The van der Waals surface area contributed by atoms with E-state index < -0.39 is 11.8 Å². The normalized spacial score (nSPS) is 27.6. The van der Waals surface area contributed by atoms with Crippen LogP contribution in [0.1, 0.15) is 29.6 Å². The number of carbonyl (C=O) groups excluding carboxylic acids is 1. The van der Waals surface area contributed by atoms with Gasteiger partial charge in [-0.3, -0.25) is 0 Å². The van der Waals surface area contributed by atoms with Gasteiger partial charge >= 0.3 is 5.97 Å². The highest BCUT2D eigenvalue weighted by Crippen LogP contribution is 2.36. The van der Waals surface area contributed by atoms with E-state index in [1.54, 1.807) is 0 Å². The zero-order valence-electron chi connectivity index (χ0n) is 11.2. The van der Waals surface area contributed by atoms with E-state index in [1.165, 1.54) is 13.2 Å². The quantitative estimate of drug-likeness (QED) is 0.653. The maximum atomic E-state index is 14.0. The van der Waals surface area contributed by atoms with Gasteiger partial charge in [0, 0.05) is 5.69 Å². The summed E-state index contributed by atoms with van der Waals surface area (Å²) in [6.45, 7) is 0. The highest BCUT2D eigenvalue weighted by atomic mass is 19.1. The highest BCUT2D eigenvalue weighted by Gasteiger charge is 2.41. The monoisotopic (exact) mass is 280 g/mol. The minimum Gasteiger partial charge on any atom is -0.465 e. The van der Waals surface area contributed by atoms with E-state index in [2.05, 4.69) is 10.1 Å². The molecule has 108 valence electrons. The lowest BCUT2D eigenvalue weighted by Crippen LogP contribution is -2.31. The number of hydrogen-bond acceptors (Lipinski definition) is 5. The van der Waals surface area contributed by atoms with E-state index in [-0.39, 0.29) is 35.2 Å². The van der Waals surface area contributed by atoms with Crippen molar-refractivity contribution in [2.45, 2.75) is 37.5 Å². The molecule has 0 aromatic heterocycles. The molecule has 0 saturated carbocycles. The average Bonchev–Trinajstić information content (AvgIpc) is 3.03. The first-order valence-corrected chi connectivity index (χ1v) is 6.68. The van der Waals surface area contributed by atoms with Crippen LogP contribution in [0.4, 0.5) is 15.8 Å². The largest absolute Gasteiger partial charge is 0.465 e. The molecule has 2 aliphatic heterocycles. The van der Waals surface area contributed by atoms with Gasteiger partial charge in [-0.25, -0.2) is 9.18 Å². The van der Waals surface area contributed by atoms with Crippen LogP contribution in [0.5, 0.6) is 0 Å². The summed E-state index contributed by atoms with van der Waals surface area (Å²) in [6, 6.07) is 2.63. The highest BCUT2D eigenvalue weighted by molar-refractivity contribution is 5.96. The van der Waals surface area contributed by atoms with E-state index >= 15 is 0 Å². The Balaban J connectivity index is 1.84. The van der Waals surface area contributed by atoms with E-state index in [4.69, 9.17) is 10.5 Å². The Morgan fingerprint density at radius 3 is 2.90 bits per heavy atom. The number of benzene rings is 1. The molecule has 2 aliphatic rings. The van der Waals surface area contributed by atoms with Gasteiger partial charge in [0.15, 0.2) is 0 Å². The summed E-state index contributed by atoms with van der Waals surface area (Å²) in [5.41, 5.74) is 6.15. The molecule has 6 heteroatoms. The van der Waals surface area contributed by atoms with Crippen LogP contribution in [0, 0.1) is 5.82 Å². The van der Waals surface area contributed by atoms with E-state index in [0.717, 1.165) is 25.3 Å². The molecular formula is C14H17FN2O3. The molecule has 1 aromatic rings. The number of nitrogen functional groups attached to an aromatic ring is 1. The average molecular weight is 280 g/mol. The van der Waals surface area contributed by atoms with Crippen molar-refractivity contribution in [2.24, 2.45) is 0 Å². The molecule has 1 aromatic carbocycles. The number of halogens is 1. The lowest BCUT2D eigenvalue weighted by molar-refractivity contribution is 0.0602. The minimum absolute atomic E-state index is 0.0732. The van der Waals surface area contributed by atoms with Crippen LogP contribution in [0.2, 0.25) is 0 Å². The number of methoxy groups -OCH3 is 1. The molecule has 3 N–H and O–H groups in total. The van der Waals surface area contributed by atoms with Gasteiger partial charge in [0.25, 0.3) is 0 Å². The van der Waals surface area contributed by atoms with Gasteiger partial charge in [0.05, 0.1) is 36.6 Å². The molecule has 0 amide bonds. The first kappa shape index (κ1) is 13.2. The second kappa shape index (κ2) is 4.94. The Morgan fingerprint density at radius 2 is 2.30 bits per heavy atom. The number of anilines is 2. The van der Waals surface area contributed by atoms with Crippen molar-refractivity contribution < 1.29 is 18.7 Å². The van der Waals surface area contributed by atoms with Gasteiger partial charge in [-0.15, -0.1) is 0 Å². The number of nitrogens with two attached hydrogens (primary N) is 1. The third kappa shape index (κ3) is 2.20. The Kier molecular flexibility index (Phi) is 3.25. The van der Waals surface area contributed by atoms with Crippen LogP contribution < -0.4 is 11.1 Å². The van der Waals surface area contributed by atoms with Crippen LogP contribution in [0.25, 0.3) is 0 Å². The molecule has 3 rings (SSSR count). The van der Waals surface area contributed by atoms with Crippen LogP contribution in [0.3, 0.4) is 0 Å². The lowest BCUT2D eigenvalue weighted by atomic mass is 9.95. The van der Waals surface area contributed by atoms with E-state index in [1.807, 2.05) is 0 Å². The van der Waals surface area contributed by atoms with Crippen molar-refractivity contribution in [3.63, 3.8) is 0 Å². The van der Waals surface area contributed by atoms with Crippen molar-refractivity contribution in [1.29, 1.82) is 0 Å². The Labute approximate surface area is 116 Å². The van der Waals surface area contributed by atoms with Crippen molar-refractivity contribution in [2.75, 3.05) is 18.2 Å². The smallest absolute Gasteiger partial charge is 0.340 e. The molecule has 2 heterocycles. The standard InChI is InChI=1S/C14H17FN2O3/c1-19-14(18)8-5-11(9(15)6-10(8)16)17-12-4-7-2-3-13(12)20-7/h5-7,12-13,17H,2-4,16H2,1H3. The van der Waals surface area contributed by atoms with Gasteiger partial charge in [0.1, 0.15) is 5.82 Å². The number of rotatable bonds is 3. The fraction of sp³-hybridized carbons (Fsp3) is 0.500. The number of fused-ring (bicyclic) bond motifs is 2. The Bertz CT molecular complexity index is 549. The van der Waals surface area contributed by atoms with Crippen LogP contribution in [-0.2, 0) is 9.47 Å². The summed E-state index contributed by atoms with van der Waals surface area (Å²) in [5.74, 6) is -1.05. The number of nitrogens with one attached hydrogen (secondary N) is 1. The van der Waals surface area contributed by atoms with Crippen molar-refractivity contribution in [3.8, 4) is 0 Å². The van der Waals surface area contributed by atoms with Crippen molar-refractivity contribution >= 4 is 17.3 Å². The molecule has 3 unspecified atom stereocenters. The summed E-state index contributed by atoms with van der Waals surface area (Å²) in [4.78, 5) is 11.6. The fourth-order valence-corrected chi connectivity index (χ4v) is 2.98. The maximum absolute atomic E-state index is 14.0. The Morgan fingerprint density at radius 1 is 1.50 bits per heavy atom. The van der Waals surface area contributed by atoms with Gasteiger partial charge in [-0.2, -0.15) is 0 Å². The third-order valence-corrected chi connectivity index (χ3v) is 3.99. The van der Waals surface area contributed by atoms with Crippen molar-refractivity contribution in [3.05, 3.63) is 23.5 Å². The van der Waals surface area contributed by atoms with Gasteiger partial charge in [-0.05, 0) is 31.4 Å². The molecule has 2 bridgehead atoms. The summed E-state index contributed by atoms with van der Waals surface area (Å²) in [7, 11) is 1.27. The number of hydrogen-bond donors (Lipinski definition) is 2. The fourth-order valence-electron chi connectivity index (χ4n) is 2.98. The van der Waals surface area contributed by atoms with Gasteiger partial charge in [-0.1, -0.05) is 0 Å². The second-order valence-corrected chi connectivity index (χ2v) is 5.27. The third-order valence-electron chi connectivity index (χ3n) is 3.99. The second-order valence-electron chi connectivity index (χ2n) is 5.27. The van der Waals surface area contributed by atoms with Gasteiger partial charge < -0.3 is 20.5 Å². The zero-order valence-corrected chi connectivity index (χ0v) is 11.2. The molecule has 3 atom stereocenters. The van der Waals surface area contributed by atoms with Crippen LogP contribution in [0.15, 0.2) is 12.1 Å². The molecule has 0 radical (unpaired) electrons. The molecule has 0 aliphatic carbocycles. The molecule has 2 fully saturated rings. The predicted octanol–water partition coefficient (Wildman–Crippen LogP) is 1.93. The molecule has 5 nitrogen and oxygen atoms in total. The number of ether oxygens (including phenoxy) is 2. The van der Waals surface area contributed by atoms with Crippen LogP contribution >= 0.6 is 0 Å². The number of carbonyl (C=O) groups is 1. The molecule has 0 spiro atoms. The van der Waals surface area contributed by atoms with E-state index in [9.17, 15) is 9.18 Å². The SMILES string of the molecule is COC(=O)c1cc(NC2CC3CCC2O3)c(F)cc1N. The summed E-state index contributed by atoms with van der Waals surface area (Å²) >= 11 is 0. The summed E-state index contributed by atoms with van der Waals surface area (Å²) in [5, 5.41) is 3.12. The van der Waals surface area contributed by atoms with Crippen LogP contribution in [-0.4, -0.2) is 31.3 Å². The maximum Gasteiger partial charge on any atom is 0.340 e.